The minimum atomic E-state index is -0.457. The summed E-state index contributed by atoms with van der Waals surface area (Å²) < 4.78 is 1.48. The van der Waals surface area contributed by atoms with Crippen molar-refractivity contribution in [3.05, 3.63) is 52.3 Å². The van der Waals surface area contributed by atoms with Crippen LogP contribution >= 0.6 is 12.4 Å². The van der Waals surface area contributed by atoms with Crippen molar-refractivity contribution in [2.45, 2.75) is 25.8 Å². The van der Waals surface area contributed by atoms with Crippen LogP contribution in [0.15, 0.2) is 36.5 Å². The number of likely N-dealkylation sites (tertiary alicyclic amines) is 1. The first kappa shape index (κ1) is 19.9. The van der Waals surface area contributed by atoms with Gasteiger partial charge in [-0.2, -0.15) is 5.10 Å². The third kappa shape index (κ3) is 4.20. The van der Waals surface area contributed by atoms with Crippen molar-refractivity contribution in [3.8, 4) is 5.69 Å². The lowest BCUT2D eigenvalue weighted by Gasteiger charge is -2.33. The number of halogens is 1. The monoisotopic (exact) mass is 379 g/mol. The zero-order chi connectivity index (χ0) is 18.0. The predicted octanol–water partition coefficient (Wildman–Crippen LogP) is 2.40. The summed E-state index contributed by atoms with van der Waals surface area (Å²) >= 11 is 0. The molecule has 1 fully saturated rings. The van der Waals surface area contributed by atoms with Gasteiger partial charge in [0.1, 0.15) is 0 Å². The molecule has 1 aromatic heterocycles. The summed E-state index contributed by atoms with van der Waals surface area (Å²) in [7, 11) is 0. The second kappa shape index (κ2) is 8.29. The number of aromatic nitrogens is 2. The van der Waals surface area contributed by atoms with E-state index < -0.39 is 4.92 Å². The number of nitrogens with zero attached hydrogens (tertiary/aromatic N) is 4. The highest BCUT2D eigenvalue weighted by molar-refractivity contribution is 5.92. The van der Waals surface area contributed by atoms with Crippen molar-refractivity contribution in [2.75, 3.05) is 13.1 Å². The molecule has 1 amide bonds. The van der Waals surface area contributed by atoms with Crippen molar-refractivity contribution in [2.24, 2.45) is 11.7 Å². The molecule has 0 aliphatic carbocycles. The third-order valence-corrected chi connectivity index (χ3v) is 4.68. The molecule has 1 saturated heterocycles. The van der Waals surface area contributed by atoms with Crippen LogP contribution < -0.4 is 5.73 Å². The highest BCUT2D eigenvalue weighted by atomic mass is 35.5. The molecule has 1 aromatic carbocycles. The van der Waals surface area contributed by atoms with Crippen molar-refractivity contribution in [3.63, 3.8) is 0 Å². The van der Waals surface area contributed by atoms with Gasteiger partial charge in [0.25, 0.3) is 11.6 Å². The Morgan fingerprint density at radius 3 is 2.65 bits per heavy atom. The number of nitro groups is 1. The highest BCUT2D eigenvalue weighted by Gasteiger charge is 2.26. The lowest BCUT2D eigenvalue weighted by molar-refractivity contribution is -0.384. The van der Waals surface area contributed by atoms with Gasteiger partial charge in [-0.05, 0) is 37.8 Å². The first-order valence-corrected chi connectivity index (χ1v) is 8.31. The molecule has 0 saturated carbocycles. The topological polar surface area (TPSA) is 107 Å². The number of nitro benzene ring substituents is 1. The van der Waals surface area contributed by atoms with Gasteiger partial charge in [-0.3, -0.25) is 14.9 Å². The fraction of sp³-hybridized carbons (Fsp3) is 0.412. The summed E-state index contributed by atoms with van der Waals surface area (Å²) in [5.41, 5.74) is 6.80. The molecule has 0 radical (unpaired) electrons. The standard InChI is InChI=1S/C17H21N5O3.ClH/c1-12(18)13-5-8-20(9-6-13)17(23)16-7-10-21(19-16)14-3-2-4-15(11-14)22(24)25;/h2-4,7,10-13H,5-6,8-9,18H2,1H3;1H. The second-order valence-corrected chi connectivity index (χ2v) is 6.41. The summed E-state index contributed by atoms with van der Waals surface area (Å²) in [5, 5.41) is 15.2. The van der Waals surface area contributed by atoms with E-state index in [9.17, 15) is 14.9 Å². The van der Waals surface area contributed by atoms with Crippen molar-refractivity contribution >= 4 is 24.0 Å². The normalized spacial score (nSPS) is 16.0. The van der Waals surface area contributed by atoms with Gasteiger partial charge in [-0.1, -0.05) is 6.07 Å². The zero-order valence-corrected chi connectivity index (χ0v) is 15.3. The van der Waals surface area contributed by atoms with Crippen LogP contribution in [0.2, 0.25) is 0 Å². The van der Waals surface area contributed by atoms with Gasteiger partial charge < -0.3 is 10.6 Å². The first-order valence-electron chi connectivity index (χ1n) is 8.31. The number of nitrogens with two attached hydrogens (primary N) is 1. The van der Waals surface area contributed by atoms with E-state index in [1.54, 1.807) is 29.3 Å². The largest absolute Gasteiger partial charge is 0.337 e. The fourth-order valence-corrected chi connectivity index (χ4v) is 3.12. The first-order chi connectivity index (χ1) is 12.0. The second-order valence-electron chi connectivity index (χ2n) is 6.41. The van der Waals surface area contributed by atoms with Gasteiger partial charge in [0, 0.05) is 37.5 Å². The maximum atomic E-state index is 12.6. The molecule has 0 bridgehead atoms. The minimum absolute atomic E-state index is 0. The molecular weight excluding hydrogens is 358 g/mol. The molecule has 2 N–H and O–H groups in total. The van der Waals surface area contributed by atoms with E-state index in [-0.39, 0.29) is 30.0 Å². The van der Waals surface area contributed by atoms with Gasteiger partial charge in [0.05, 0.1) is 10.6 Å². The fourth-order valence-electron chi connectivity index (χ4n) is 3.12. The number of carbonyl (C=O) groups is 1. The molecule has 1 atom stereocenters. The van der Waals surface area contributed by atoms with Crippen LogP contribution in [0.4, 0.5) is 5.69 Å². The van der Waals surface area contributed by atoms with Crippen LogP contribution in [0.3, 0.4) is 0 Å². The van der Waals surface area contributed by atoms with Crippen LogP contribution in [-0.2, 0) is 0 Å². The Morgan fingerprint density at radius 2 is 2.04 bits per heavy atom. The summed E-state index contributed by atoms with van der Waals surface area (Å²) in [6, 6.07) is 7.93. The van der Waals surface area contributed by atoms with Crippen LogP contribution in [0.1, 0.15) is 30.3 Å². The molecule has 2 aromatic rings. The Labute approximate surface area is 157 Å². The smallest absolute Gasteiger partial charge is 0.274 e. The number of hydrogen-bond acceptors (Lipinski definition) is 5. The molecule has 1 unspecified atom stereocenters. The van der Waals surface area contributed by atoms with E-state index in [0.717, 1.165) is 12.8 Å². The number of benzene rings is 1. The van der Waals surface area contributed by atoms with Crippen molar-refractivity contribution in [1.82, 2.24) is 14.7 Å². The molecule has 1 aliphatic heterocycles. The minimum Gasteiger partial charge on any atom is -0.337 e. The average molecular weight is 380 g/mol. The predicted molar refractivity (Wildman–Crippen MR) is 99.7 cm³/mol. The van der Waals surface area contributed by atoms with Gasteiger partial charge >= 0.3 is 0 Å². The molecule has 9 heteroatoms. The molecule has 1 aliphatic rings. The number of amides is 1. The molecule has 26 heavy (non-hydrogen) atoms. The van der Waals surface area contributed by atoms with E-state index in [0.29, 0.717) is 30.4 Å². The summed E-state index contributed by atoms with van der Waals surface area (Å²) in [5.74, 6) is 0.332. The lowest BCUT2D eigenvalue weighted by Crippen LogP contribution is -2.42. The molecule has 140 valence electrons. The lowest BCUT2D eigenvalue weighted by atomic mass is 9.91. The summed E-state index contributed by atoms with van der Waals surface area (Å²) in [4.78, 5) is 24.8. The molecule has 2 heterocycles. The van der Waals surface area contributed by atoms with E-state index >= 15 is 0 Å². The Bertz CT molecular complexity index is 784. The van der Waals surface area contributed by atoms with E-state index in [4.69, 9.17) is 5.73 Å². The van der Waals surface area contributed by atoms with Gasteiger partial charge in [-0.25, -0.2) is 4.68 Å². The Kier molecular flexibility index (Phi) is 6.33. The average Bonchev–Trinajstić information content (AvgIpc) is 3.11. The number of hydrogen-bond donors (Lipinski definition) is 1. The Morgan fingerprint density at radius 1 is 1.35 bits per heavy atom. The summed E-state index contributed by atoms with van der Waals surface area (Å²) in [6.45, 7) is 3.35. The number of non-ortho nitro benzene ring substituents is 1. The SMILES string of the molecule is CC(N)C1CCN(C(=O)c2ccn(-c3cccc([N+](=O)[O-])c3)n2)CC1.Cl. The van der Waals surface area contributed by atoms with E-state index in [1.165, 1.54) is 16.8 Å². The molecule has 3 rings (SSSR count). The maximum Gasteiger partial charge on any atom is 0.274 e. The molecule has 8 nitrogen and oxygen atoms in total. The quantitative estimate of drug-likeness (QED) is 0.648. The van der Waals surface area contributed by atoms with Crippen LogP contribution in [0.25, 0.3) is 5.69 Å². The van der Waals surface area contributed by atoms with Crippen LogP contribution in [0.5, 0.6) is 0 Å². The Balaban J connectivity index is 0.00000243. The van der Waals surface area contributed by atoms with E-state index in [2.05, 4.69) is 5.10 Å². The number of carbonyl (C=O) groups excluding carboxylic acids is 1. The third-order valence-electron chi connectivity index (χ3n) is 4.68. The van der Waals surface area contributed by atoms with Crippen LogP contribution in [-0.4, -0.2) is 44.6 Å². The maximum absolute atomic E-state index is 12.6. The number of piperidine rings is 1. The number of rotatable bonds is 4. The van der Waals surface area contributed by atoms with E-state index in [1.807, 2.05) is 6.92 Å². The van der Waals surface area contributed by atoms with Gasteiger partial charge in [0.15, 0.2) is 5.69 Å². The molecule has 0 spiro atoms. The molecular formula is C17H22ClN5O3. The summed E-state index contributed by atoms with van der Waals surface area (Å²) in [6.07, 6.45) is 3.44. The van der Waals surface area contributed by atoms with Crippen molar-refractivity contribution < 1.29 is 9.72 Å². The van der Waals surface area contributed by atoms with Crippen molar-refractivity contribution in [1.29, 1.82) is 0 Å². The Hall–Kier alpha value is -2.45. The van der Waals surface area contributed by atoms with Gasteiger partial charge in [0.2, 0.25) is 0 Å². The zero-order valence-electron chi connectivity index (χ0n) is 14.4. The van der Waals surface area contributed by atoms with Gasteiger partial charge in [-0.15, -0.1) is 12.4 Å². The highest BCUT2D eigenvalue weighted by Crippen LogP contribution is 2.21. The van der Waals surface area contributed by atoms with Crippen LogP contribution in [0, 0.1) is 16.0 Å².